The number of nitrogens with zero attached hydrogens (tertiary/aromatic N) is 4. The van der Waals surface area contributed by atoms with Gasteiger partial charge in [-0.25, -0.2) is 14.3 Å². The van der Waals surface area contributed by atoms with Crippen LogP contribution in [0.2, 0.25) is 0 Å². The van der Waals surface area contributed by atoms with Crippen molar-refractivity contribution in [1.29, 1.82) is 0 Å². The molecule has 0 radical (unpaired) electrons. The van der Waals surface area contributed by atoms with Crippen molar-refractivity contribution in [3.05, 3.63) is 45.0 Å². The number of aromatic nitrogens is 3. The van der Waals surface area contributed by atoms with Gasteiger partial charge in [-0.15, -0.1) is 0 Å². The third-order valence-corrected chi connectivity index (χ3v) is 3.59. The van der Waals surface area contributed by atoms with E-state index in [2.05, 4.69) is 21.0 Å². The van der Waals surface area contributed by atoms with Gasteiger partial charge in [-0.2, -0.15) is 9.67 Å². The summed E-state index contributed by atoms with van der Waals surface area (Å²) in [6.45, 7) is 2.61. The quantitative estimate of drug-likeness (QED) is 0.847. The van der Waals surface area contributed by atoms with Gasteiger partial charge in [-0.1, -0.05) is 15.9 Å². The second-order valence-electron chi connectivity index (χ2n) is 4.20. The molecule has 0 saturated heterocycles. The lowest BCUT2D eigenvalue weighted by molar-refractivity contribution is 0.250. The van der Waals surface area contributed by atoms with Crippen LogP contribution in [0.3, 0.4) is 0 Å². The summed E-state index contributed by atoms with van der Waals surface area (Å²) in [6.07, 6.45) is 0. The first kappa shape index (κ1) is 12.2. The zero-order valence-electron chi connectivity index (χ0n) is 10.2. The highest BCUT2D eigenvalue weighted by molar-refractivity contribution is 9.10. The molecule has 98 valence electrons. The summed E-state index contributed by atoms with van der Waals surface area (Å²) in [5.74, 6) is 0.486. The Morgan fingerprint density at radius 1 is 1.26 bits per heavy atom. The Kier molecular flexibility index (Phi) is 2.78. The lowest BCUT2D eigenvalue weighted by Gasteiger charge is -2.14. The Bertz CT molecular complexity index is 702. The normalized spacial score (nSPS) is 14.0. The van der Waals surface area contributed by atoms with Gasteiger partial charge in [0.25, 0.3) is 0 Å². The average molecular weight is 323 g/mol. The first-order valence-electron chi connectivity index (χ1n) is 5.88. The molecule has 1 aliphatic heterocycles. The Labute approximate surface area is 117 Å². The number of hydrogen-bond acceptors (Lipinski definition) is 3. The van der Waals surface area contributed by atoms with E-state index >= 15 is 0 Å². The smallest absolute Gasteiger partial charge is 0.286 e. The number of aryl methyl sites for hydroxylation is 1. The van der Waals surface area contributed by atoms with E-state index < -0.39 is 0 Å². The van der Waals surface area contributed by atoms with Gasteiger partial charge in [0.1, 0.15) is 0 Å². The molecule has 0 aliphatic carbocycles. The summed E-state index contributed by atoms with van der Waals surface area (Å²) >= 11 is 3.35. The molecule has 7 heteroatoms. The van der Waals surface area contributed by atoms with Crippen LogP contribution in [0.5, 0.6) is 0 Å². The zero-order valence-corrected chi connectivity index (χ0v) is 11.8. The number of anilines is 1. The number of amides is 1. The van der Waals surface area contributed by atoms with E-state index in [1.807, 2.05) is 31.2 Å². The van der Waals surface area contributed by atoms with Gasteiger partial charge in [0.05, 0.1) is 6.54 Å². The Hall–Kier alpha value is -1.89. The van der Waals surface area contributed by atoms with E-state index in [4.69, 9.17) is 0 Å². The SMILES string of the molecule is CCn1nc2n(c1=O)C(=O)N(c1ccc(Br)cc1)C2. The molecular formula is C12H11BrN4O2. The first-order valence-corrected chi connectivity index (χ1v) is 6.67. The molecule has 0 spiro atoms. The molecule has 3 rings (SSSR count). The number of rotatable bonds is 2. The van der Waals surface area contributed by atoms with E-state index in [9.17, 15) is 9.59 Å². The van der Waals surface area contributed by atoms with Gasteiger partial charge in [0.15, 0.2) is 5.82 Å². The van der Waals surface area contributed by atoms with Crippen molar-refractivity contribution in [3.63, 3.8) is 0 Å². The third kappa shape index (κ3) is 1.81. The fraction of sp³-hybridized carbons (Fsp3) is 0.250. The molecule has 1 amide bonds. The van der Waals surface area contributed by atoms with E-state index in [0.717, 1.165) is 14.7 Å². The molecule has 0 fully saturated rings. The summed E-state index contributed by atoms with van der Waals surface area (Å²) in [6, 6.07) is 7.02. The summed E-state index contributed by atoms with van der Waals surface area (Å²) in [4.78, 5) is 25.7. The number of carbonyl (C=O) groups is 1. The molecular weight excluding hydrogens is 312 g/mol. The first-order chi connectivity index (χ1) is 9.11. The lowest BCUT2D eigenvalue weighted by atomic mass is 10.3. The van der Waals surface area contributed by atoms with Crippen molar-refractivity contribution in [2.75, 3.05) is 4.90 Å². The fourth-order valence-corrected chi connectivity index (χ4v) is 2.37. The Morgan fingerprint density at radius 3 is 2.53 bits per heavy atom. The van der Waals surface area contributed by atoms with Crippen molar-refractivity contribution >= 4 is 27.6 Å². The van der Waals surface area contributed by atoms with E-state index in [0.29, 0.717) is 18.9 Å². The second-order valence-corrected chi connectivity index (χ2v) is 5.11. The van der Waals surface area contributed by atoms with Crippen LogP contribution in [0.1, 0.15) is 12.7 Å². The summed E-state index contributed by atoms with van der Waals surface area (Å²) in [7, 11) is 0. The lowest BCUT2D eigenvalue weighted by Crippen LogP contribution is -2.34. The van der Waals surface area contributed by atoms with Gasteiger partial charge in [0, 0.05) is 16.7 Å². The Balaban J connectivity index is 2.00. The number of hydrogen-bond donors (Lipinski definition) is 0. The predicted octanol–water partition coefficient (Wildman–Crippen LogP) is 1.82. The van der Waals surface area contributed by atoms with Crippen LogP contribution in [0.25, 0.3) is 0 Å². The molecule has 2 heterocycles. The summed E-state index contributed by atoms with van der Waals surface area (Å²) in [5, 5.41) is 4.15. The van der Waals surface area contributed by atoms with Gasteiger partial charge >= 0.3 is 11.7 Å². The molecule has 19 heavy (non-hydrogen) atoms. The number of benzene rings is 1. The molecule has 1 aromatic carbocycles. The monoisotopic (exact) mass is 322 g/mol. The molecule has 1 aromatic heterocycles. The van der Waals surface area contributed by atoms with Crippen molar-refractivity contribution in [2.24, 2.45) is 0 Å². The highest BCUT2D eigenvalue weighted by Crippen LogP contribution is 2.23. The molecule has 0 saturated carbocycles. The molecule has 0 unspecified atom stereocenters. The minimum absolute atomic E-state index is 0.322. The number of halogens is 1. The highest BCUT2D eigenvalue weighted by atomic mass is 79.9. The maximum Gasteiger partial charge on any atom is 0.354 e. The fourth-order valence-electron chi connectivity index (χ4n) is 2.11. The summed E-state index contributed by atoms with van der Waals surface area (Å²) in [5.41, 5.74) is 0.378. The van der Waals surface area contributed by atoms with Crippen molar-refractivity contribution in [2.45, 2.75) is 20.0 Å². The number of carbonyl (C=O) groups excluding carboxylic acids is 1. The minimum atomic E-state index is -0.373. The predicted molar refractivity (Wildman–Crippen MR) is 73.3 cm³/mol. The molecule has 1 aliphatic rings. The molecule has 0 atom stereocenters. The van der Waals surface area contributed by atoms with Crippen LogP contribution in [0.15, 0.2) is 33.5 Å². The average Bonchev–Trinajstić information content (AvgIpc) is 2.89. The Morgan fingerprint density at radius 2 is 1.95 bits per heavy atom. The van der Waals surface area contributed by atoms with Crippen LogP contribution in [-0.2, 0) is 13.1 Å². The maximum atomic E-state index is 12.3. The van der Waals surface area contributed by atoms with Crippen molar-refractivity contribution in [1.82, 2.24) is 14.3 Å². The highest BCUT2D eigenvalue weighted by Gasteiger charge is 2.32. The molecule has 0 N–H and O–H groups in total. The molecule has 2 aromatic rings. The topological polar surface area (TPSA) is 60.1 Å². The third-order valence-electron chi connectivity index (χ3n) is 3.07. The zero-order chi connectivity index (χ0) is 13.6. The minimum Gasteiger partial charge on any atom is -0.286 e. The molecule has 0 bridgehead atoms. The standard InChI is InChI=1S/C12H11BrN4O2/c1-2-16-12(19)17-10(14-16)7-15(11(17)18)9-5-3-8(13)4-6-9/h3-6H,2,7H2,1H3. The van der Waals surface area contributed by atoms with E-state index in [-0.39, 0.29) is 11.7 Å². The van der Waals surface area contributed by atoms with Gasteiger partial charge < -0.3 is 0 Å². The van der Waals surface area contributed by atoms with E-state index in [1.165, 1.54) is 9.58 Å². The number of fused-ring (bicyclic) bond motifs is 1. The van der Waals surface area contributed by atoms with Crippen LogP contribution in [-0.4, -0.2) is 20.4 Å². The maximum absolute atomic E-state index is 12.3. The second kappa shape index (κ2) is 4.34. The van der Waals surface area contributed by atoms with Crippen LogP contribution < -0.4 is 10.6 Å². The van der Waals surface area contributed by atoms with E-state index in [1.54, 1.807) is 0 Å². The summed E-state index contributed by atoms with van der Waals surface area (Å²) < 4.78 is 3.37. The van der Waals surface area contributed by atoms with Gasteiger partial charge in [-0.3, -0.25) is 4.90 Å². The van der Waals surface area contributed by atoms with Crippen molar-refractivity contribution < 1.29 is 4.79 Å². The van der Waals surface area contributed by atoms with Gasteiger partial charge in [-0.05, 0) is 31.2 Å². The van der Waals surface area contributed by atoms with Crippen LogP contribution >= 0.6 is 15.9 Å². The largest absolute Gasteiger partial charge is 0.354 e. The van der Waals surface area contributed by atoms with Crippen molar-refractivity contribution in [3.8, 4) is 0 Å². The molecule has 6 nitrogen and oxygen atoms in total. The van der Waals surface area contributed by atoms with Crippen LogP contribution in [0, 0.1) is 0 Å². The van der Waals surface area contributed by atoms with Crippen LogP contribution in [0.4, 0.5) is 10.5 Å². The van der Waals surface area contributed by atoms with Gasteiger partial charge in [0.2, 0.25) is 0 Å².